The molecule has 0 bridgehead atoms. The minimum Gasteiger partial charge on any atom is -0.452 e. The number of carbonyl (C=O) groups is 2. The summed E-state index contributed by atoms with van der Waals surface area (Å²) in [5.74, 6) is -1.36. The number of para-hydroxylation sites is 1. The van der Waals surface area contributed by atoms with E-state index < -0.39 is 28.5 Å². The van der Waals surface area contributed by atoms with Gasteiger partial charge in [0, 0.05) is 19.8 Å². The lowest BCUT2D eigenvalue weighted by Crippen LogP contribution is -2.23. The minimum absolute atomic E-state index is 0.0364. The fourth-order valence-corrected chi connectivity index (χ4v) is 4.26. The van der Waals surface area contributed by atoms with Gasteiger partial charge in [-0.05, 0) is 61.4 Å². The molecule has 8 nitrogen and oxygen atoms in total. The lowest BCUT2D eigenvalue weighted by molar-refractivity contribution is -0.119. The Morgan fingerprint density at radius 1 is 0.943 bits per heavy atom. The van der Waals surface area contributed by atoms with E-state index in [0.717, 1.165) is 21.1 Å². The summed E-state index contributed by atoms with van der Waals surface area (Å²) in [6.07, 6.45) is 0. The zero-order valence-corrected chi connectivity index (χ0v) is 21.3. The molecule has 0 atom stereocenters. The third-order valence-electron chi connectivity index (χ3n) is 5.35. The van der Waals surface area contributed by atoms with Crippen LogP contribution in [0.5, 0.6) is 0 Å². The quantitative estimate of drug-likeness (QED) is 0.420. The number of carbonyl (C=O) groups excluding carboxylic acids is 2. The van der Waals surface area contributed by atoms with Crippen molar-refractivity contribution >= 4 is 50.6 Å². The summed E-state index contributed by atoms with van der Waals surface area (Å²) in [6, 6.07) is 16.6. The van der Waals surface area contributed by atoms with Crippen LogP contribution in [0.15, 0.2) is 65.6 Å². The van der Waals surface area contributed by atoms with Crippen molar-refractivity contribution in [3.8, 4) is 0 Å². The van der Waals surface area contributed by atoms with Crippen molar-refractivity contribution < 1.29 is 22.7 Å². The number of nitrogens with one attached hydrogen (secondary N) is 2. The van der Waals surface area contributed by atoms with E-state index in [9.17, 15) is 18.0 Å². The molecular formula is C25H26ClN3O5S. The Balaban J connectivity index is 1.70. The maximum atomic E-state index is 12.7. The number of benzene rings is 3. The van der Waals surface area contributed by atoms with Crippen molar-refractivity contribution in [2.24, 2.45) is 0 Å². The molecule has 0 spiro atoms. The van der Waals surface area contributed by atoms with Crippen LogP contribution in [0.4, 0.5) is 17.1 Å². The number of ether oxygens (including phenoxy) is 1. The highest BCUT2D eigenvalue weighted by molar-refractivity contribution is 7.89. The molecule has 10 heteroatoms. The molecule has 0 aliphatic heterocycles. The molecule has 0 heterocycles. The molecular weight excluding hydrogens is 490 g/mol. The smallest absolute Gasteiger partial charge is 0.340 e. The number of halogens is 1. The summed E-state index contributed by atoms with van der Waals surface area (Å²) in [4.78, 5) is 25.1. The van der Waals surface area contributed by atoms with E-state index in [1.165, 1.54) is 32.3 Å². The maximum Gasteiger partial charge on any atom is 0.340 e. The lowest BCUT2D eigenvalue weighted by atomic mass is 10.1. The van der Waals surface area contributed by atoms with Gasteiger partial charge in [-0.25, -0.2) is 17.5 Å². The van der Waals surface area contributed by atoms with Crippen LogP contribution >= 0.6 is 11.6 Å². The molecule has 0 radical (unpaired) electrons. The molecule has 0 aliphatic rings. The van der Waals surface area contributed by atoms with Gasteiger partial charge in [-0.15, -0.1) is 0 Å². The van der Waals surface area contributed by atoms with E-state index in [0.29, 0.717) is 5.69 Å². The van der Waals surface area contributed by atoms with Crippen molar-refractivity contribution in [1.82, 2.24) is 4.31 Å². The fourth-order valence-electron chi connectivity index (χ4n) is 3.17. The lowest BCUT2D eigenvalue weighted by Gasteiger charge is -2.15. The number of anilines is 3. The van der Waals surface area contributed by atoms with Crippen LogP contribution in [-0.2, 0) is 19.6 Å². The predicted octanol–water partition coefficient (Wildman–Crippen LogP) is 4.75. The van der Waals surface area contributed by atoms with Crippen LogP contribution in [0.2, 0.25) is 5.02 Å². The fraction of sp³-hybridized carbons (Fsp3) is 0.200. The number of esters is 1. The first-order chi connectivity index (χ1) is 16.5. The molecule has 0 saturated carbocycles. The van der Waals surface area contributed by atoms with E-state index in [1.807, 2.05) is 32.0 Å². The van der Waals surface area contributed by atoms with Crippen LogP contribution in [0, 0.1) is 13.8 Å². The molecule has 0 fully saturated rings. The molecule has 0 aliphatic carbocycles. The van der Waals surface area contributed by atoms with Crippen molar-refractivity contribution in [3.05, 3.63) is 82.4 Å². The third kappa shape index (κ3) is 6.19. The molecule has 35 heavy (non-hydrogen) atoms. The SMILES string of the molecule is Cc1cccc(Nc2ccccc2C(=O)OCC(=O)Nc2cc(S(=O)(=O)N(C)C)ccc2Cl)c1C. The summed E-state index contributed by atoms with van der Waals surface area (Å²) in [5, 5.41) is 5.88. The Morgan fingerprint density at radius 3 is 2.34 bits per heavy atom. The first-order valence-electron chi connectivity index (χ1n) is 10.6. The third-order valence-corrected chi connectivity index (χ3v) is 7.49. The molecule has 0 saturated heterocycles. The second-order valence-corrected chi connectivity index (χ2v) is 10.5. The summed E-state index contributed by atoms with van der Waals surface area (Å²) in [6.45, 7) is 3.39. The van der Waals surface area contributed by atoms with E-state index in [-0.39, 0.29) is 21.2 Å². The molecule has 3 aromatic rings. The number of hydrogen-bond acceptors (Lipinski definition) is 6. The van der Waals surface area contributed by atoms with Crippen molar-refractivity contribution in [2.45, 2.75) is 18.7 Å². The van der Waals surface area contributed by atoms with E-state index in [4.69, 9.17) is 16.3 Å². The normalized spacial score (nSPS) is 11.3. The second-order valence-electron chi connectivity index (χ2n) is 7.97. The van der Waals surface area contributed by atoms with Gasteiger partial charge in [0.15, 0.2) is 6.61 Å². The van der Waals surface area contributed by atoms with Gasteiger partial charge in [-0.2, -0.15) is 0 Å². The molecule has 0 unspecified atom stereocenters. The largest absolute Gasteiger partial charge is 0.452 e. The average Bonchev–Trinajstić information content (AvgIpc) is 2.82. The number of rotatable bonds is 8. The van der Waals surface area contributed by atoms with Gasteiger partial charge < -0.3 is 15.4 Å². The Labute approximate surface area is 209 Å². The van der Waals surface area contributed by atoms with Crippen LogP contribution in [-0.4, -0.2) is 45.3 Å². The average molecular weight is 516 g/mol. The van der Waals surface area contributed by atoms with Gasteiger partial charge in [0.2, 0.25) is 10.0 Å². The highest BCUT2D eigenvalue weighted by atomic mass is 35.5. The standard InChI is InChI=1S/C25H26ClN3O5S/c1-16-8-7-11-21(17(16)2)27-22-10-6-5-9-19(22)25(31)34-15-24(30)28-23-14-18(12-13-20(23)26)35(32,33)29(3)4/h5-14,27H,15H2,1-4H3,(H,28,30). The summed E-state index contributed by atoms with van der Waals surface area (Å²) >= 11 is 6.11. The summed E-state index contributed by atoms with van der Waals surface area (Å²) < 4.78 is 31.0. The topological polar surface area (TPSA) is 105 Å². The number of sulfonamides is 1. The monoisotopic (exact) mass is 515 g/mol. The maximum absolute atomic E-state index is 12.7. The van der Waals surface area contributed by atoms with E-state index in [1.54, 1.807) is 24.3 Å². The van der Waals surface area contributed by atoms with Crippen LogP contribution in [0.1, 0.15) is 21.5 Å². The molecule has 0 aromatic heterocycles. The van der Waals surface area contributed by atoms with Gasteiger partial charge in [0.05, 0.1) is 26.9 Å². The van der Waals surface area contributed by atoms with E-state index in [2.05, 4.69) is 10.6 Å². The first kappa shape index (κ1) is 26.2. The first-order valence-corrected chi connectivity index (χ1v) is 12.4. The molecule has 3 aromatic carbocycles. The van der Waals surface area contributed by atoms with Crippen LogP contribution in [0.3, 0.4) is 0 Å². The Hall–Kier alpha value is -3.40. The van der Waals surface area contributed by atoms with Crippen LogP contribution in [0.25, 0.3) is 0 Å². The molecule has 3 rings (SSSR count). The van der Waals surface area contributed by atoms with Gasteiger partial charge in [0.1, 0.15) is 0 Å². The van der Waals surface area contributed by atoms with Gasteiger partial charge >= 0.3 is 5.97 Å². The Kier molecular flexibility index (Phi) is 8.16. The predicted molar refractivity (Wildman–Crippen MR) is 137 cm³/mol. The number of hydrogen-bond donors (Lipinski definition) is 2. The van der Waals surface area contributed by atoms with Crippen molar-refractivity contribution in [1.29, 1.82) is 0 Å². The minimum atomic E-state index is -3.72. The Morgan fingerprint density at radius 2 is 1.63 bits per heavy atom. The molecule has 184 valence electrons. The van der Waals surface area contributed by atoms with Crippen molar-refractivity contribution in [3.63, 3.8) is 0 Å². The van der Waals surface area contributed by atoms with E-state index >= 15 is 0 Å². The van der Waals surface area contributed by atoms with Crippen LogP contribution < -0.4 is 10.6 Å². The Bertz CT molecular complexity index is 1370. The number of amides is 1. The summed E-state index contributed by atoms with van der Waals surface area (Å²) in [5.41, 5.74) is 3.89. The molecule has 2 N–H and O–H groups in total. The van der Waals surface area contributed by atoms with Gasteiger partial charge in [-0.3, -0.25) is 4.79 Å². The molecule has 1 amide bonds. The second kappa shape index (κ2) is 10.9. The van der Waals surface area contributed by atoms with Crippen molar-refractivity contribution in [2.75, 3.05) is 31.3 Å². The highest BCUT2D eigenvalue weighted by Gasteiger charge is 2.20. The zero-order chi connectivity index (χ0) is 25.8. The summed E-state index contributed by atoms with van der Waals surface area (Å²) in [7, 11) is -0.924. The zero-order valence-electron chi connectivity index (χ0n) is 19.8. The highest BCUT2D eigenvalue weighted by Crippen LogP contribution is 2.27. The number of nitrogens with zero attached hydrogens (tertiary/aromatic N) is 1. The van der Waals surface area contributed by atoms with Gasteiger partial charge in [-0.1, -0.05) is 35.9 Å². The van der Waals surface area contributed by atoms with Gasteiger partial charge in [0.25, 0.3) is 5.91 Å². The number of aryl methyl sites for hydroxylation is 1.